The molecule has 0 fully saturated rings. The molecule has 0 aliphatic rings. The topological polar surface area (TPSA) is 64.3 Å². The number of carbonyl (C=O) groups is 1. The number of amides is 2. The van der Waals surface area contributed by atoms with Crippen molar-refractivity contribution in [2.45, 2.75) is 19.4 Å². The summed E-state index contributed by atoms with van der Waals surface area (Å²) < 4.78 is 5.27. The lowest BCUT2D eigenvalue weighted by Gasteiger charge is -2.13. The van der Waals surface area contributed by atoms with E-state index in [1.54, 1.807) is 7.11 Å². The molecule has 1 atom stereocenters. The molecule has 5 heteroatoms. The molecule has 3 N–H and O–H groups in total. The van der Waals surface area contributed by atoms with Crippen LogP contribution in [0.5, 0.6) is 5.75 Å². The molecule has 0 spiro atoms. The summed E-state index contributed by atoms with van der Waals surface area (Å²) in [6.07, 6.45) is 0.751. The van der Waals surface area contributed by atoms with Gasteiger partial charge in [0.05, 0.1) is 7.11 Å². The Labute approximate surface area is 98.6 Å². The second kappa shape index (κ2) is 5.55. The van der Waals surface area contributed by atoms with E-state index in [1.807, 2.05) is 13.0 Å². The third kappa shape index (κ3) is 3.58. The van der Waals surface area contributed by atoms with Crippen molar-refractivity contribution in [2.24, 2.45) is 5.73 Å². The predicted molar refractivity (Wildman–Crippen MR) is 68.5 cm³/mol. The highest BCUT2D eigenvalue weighted by Crippen LogP contribution is 2.11. The standard InChI is InChI=1S/C11H18N2O2Si/c1-7(13-11(12)14)5-8-3-4-10(16)9(6-8)15-2/h3-4,6-7H,5H2,1-2,16H3,(H3,12,13,14). The van der Waals surface area contributed by atoms with Crippen molar-refractivity contribution in [1.29, 1.82) is 0 Å². The normalized spacial score (nSPS) is 12.1. The van der Waals surface area contributed by atoms with Gasteiger partial charge >= 0.3 is 6.03 Å². The first kappa shape index (κ1) is 12.6. The van der Waals surface area contributed by atoms with Gasteiger partial charge in [0.2, 0.25) is 0 Å². The van der Waals surface area contributed by atoms with Crippen molar-refractivity contribution >= 4 is 21.5 Å². The summed E-state index contributed by atoms with van der Waals surface area (Å²) in [6.45, 7) is 1.92. The maximum absolute atomic E-state index is 10.7. The molecule has 0 saturated carbocycles. The van der Waals surface area contributed by atoms with Crippen molar-refractivity contribution < 1.29 is 9.53 Å². The monoisotopic (exact) mass is 238 g/mol. The molecular formula is C11H18N2O2Si. The fourth-order valence-electron chi connectivity index (χ4n) is 1.64. The molecule has 0 aliphatic carbocycles. The number of carbonyl (C=O) groups excluding carboxylic acids is 1. The van der Waals surface area contributed by atoms with Crippen LogP contribution in [0.4, 0.5) is 4.79 Å². The zero-order chi connectivity index (χ0) is 12.1. The van der Waals surface area contributed by atoms with E-state index in [0.29, 0.717) is 0 Å². The third-order valence-electron chi connectivity index (χ3n) is 2.40. The van der Waals surface area contributed by atoms with Crippen molar-refractivity contribution in [3.63, 3.8) is 0 Å². The van der Waals surface area contributed by atoms with E-state index in [-0.39, 0.29) is 6.04 Å². The highest BCUT2D eigenvalue weighted by atomic mass is 28.1. The van der Waals surface area contributed by atoms with Crippen LogP contribution in [0.15, 0.2) is 18.2 Å². The van der Waals surface area contributed by atoms with Crippen molar-refractivity contribution in [1.82, 2.24) is 5.32 Å². The summed E-state index contributed by atoms with van der Waals surface area (Å²) in [5, 5.41) is 3.89. The SMILES string of the molecule is COc1cc(CC(C)NC(N)=O)ccc1[SiH3]. The highest BCUT2D eigenvalue weighted by Gasteiger charge is 2.06. The predicted octanol–water partition coefficient (Wildman–Crippen LogP) is -0.715. The number of methoxy groups -OCH3 is 1. The third-order valence-corrected chi connectivity index (χ3v) is 3.23. The molecule has 1 unspecified atom stereocenters. The van der Waals surface area contributed by atoms with E-state index in [9.17, 15) is 4.79 Å². The number of hydrogen-bond donors (Lipinski definition) is 2. The van der Waals surface area contributed by atoms with Crippen LogP contribution in [0.2, 0.25) is 0 Å². The van der Waals surface area contributed by atoms with Crippen LogP contribution in [-0.4, -0.2) is 29.4 Å². The van der Waals surface area contributed by atoms with Gasteiger partial charge in [0.15, 0.2) is 0 Å². The van der Waals surface area contributed by atoms with E-state index in [4.69, 9.17) is 10.5 Å². The first-order valence-corrected chi connectivity index (χ1v) is 6.22. The molecule has 0 bridgehead atoms. The molecule has 0 heterocycles. The van der Waals surface area contributed by atoms with Gasteiger partial charge < -0.3 is 15.8 Å². The minimum atomic E-state index is -0.487. The van der Waals surface area contributed by atoms with Gasteiger partial charge in [0.1, 0.15) is 5.75 Å². The quantitative estimate of drug-likeness (QED) is 0.680. The van der Waals surface area contributed by atoms with Crippen LogP contribution in [0.3, 0.4) is 0 Å². The summed E-state index contributed by atoms with van der Waals surface area (Å²) in [4.78, 5) is 10.7. The summed E-state index contributed by atoms with van der Waals surface area (Å²) in [6, 6.07) is 5.68. The first-order valence-electron chi connectivity index (χ1n) is 5.22. The first-order chi connectivity index (χ1) is 7.52. The highest BCUT2D eigenvalue weighted by molar-refractivity contribution is 6.34. The lowest BCUT2D eigenvalue weighted by molar-refractivity contribution is 0.246. The summed E-state index contributed by atoms with van der Waals surface area (Å²) in [5.74, 6) is 0.926. The van der Waals surface area contributed by atoms with Crippen LogP contribution < -0.4 is 21.0 Å². The zero-order valence-corrected chi connectivity index (χ0v) is 11.9. The Hall–Kier alpha value is -1.49. The van der Waals surface area contributed by atoms with Crippen LogP contribution in [-0.2, 0) is 6.42 Å². The molecule has 0 aliphatic heterocycles. The molecule has 16 heavy (non-hydrogen) atoms. The molecule has 1 rings (SSSR count). The summed E-state index contributed by atoms with van der Waals surface area (Å²) >= 11 is 0. The number of urea groups is 1. The second-order valence-corrected chi connectivity index (χ2v) is 5.00. The van der Waals surface area contributed by atoms with Crippen molar-refractivity contribution in [2.75, 3.05) is 7.11 Å². The van der Waals surface area contributed by atoms with E-state index in [2.05, 4.69) is 17.4 Å². The molecule has 2 amide bonds. The number of hydrogen-bond acceptors (Lipinski definition) is 2. The van der Waals surface area contributed by atoms with Gasteiger partial charge in [-0.1, -0.05) is 12.1 Å². The maximum atomic E-state index is 10.7. The molecule has 88 valence electrons. The Bertz CT molecular complexity index is 382. The Morgan fingerprint density at radius 2 is 2.31 bits per heavy atom. The molecular weight excluding hydrogens is 220 g/mol. The lowest BCUT2D eigenvalue weighted by atomic mass is 10.1. The number of ether oxygens (including phenoxy) is 1. The average molecular weight is 238 g/mol. The number of nitrogens with two attached hydrogens (primary N) is 1. The van der Waals surface area contributed by atoms with Crippen molar-refractivity contribution in [3.05, 3.63) is 23.8 Å². The van der Waals surface area contributed by atoms with E-state index >= 15 is 0 Å². The Morgan fingerprint density at radius 3 is 2.88 bits per heavy atom. The van der Waals surface area contributed by atoms with Crippen LogP contribution in [0.25, 0.3) is 0 Å². The Balaban J connectivity index is 2.70. The molecule has 0 saturated heterocycles. The van der Waals surface area contributed by atoms with Gasteiger partial charge in [-0.15, -0.1) is 0 Å². The molecule has 0 radical (unpaired) electrons. The largest absolute Gasteiger partial charge is 0.497 e. The number of benzene rings is 1. The van der Waals surface area contributed by atoms with Gasteiger partial charge in [-0.3, -0.25) is 0 Å². The Morgan fingerprint density at radius 1 is 1.62 bits per heavy atom. The summed E-state index contributed by atoms with van der Waals surface area (Å²) in [5.41, 5.74) is 6.19. The fourth-order valence-corrected chi connectivity index (χ4v) is 2.15. The Kier molecular flexibility index (Phi) is 4.36. The number of primary amides is 1. The van der Waals surface area contributed by atoms with Gasteiger partial charge in [0.25, 0.3) is 0 Å². The lowest BCUT2D eigenvalue weighted by Crippen LogP contribution is -2.37. The smallest absolute Gasteiger partial charge is 0.312 e. The van der Waals surface area contributed by atoms with E-state index < -0.39 is 6.03 Å². The minimum absolute atomic E-state index is 0.0298. The van der Waals surface area contributed by atoms with Crippen LogP contribution in [0, 0.1) is 0 Å². The van der Waals surface area contributed by atoms with Crippen LogP contribution in [0.1, 0.15) is 12.5 Å². The van der Waals surface area contributed by atoms with Gasteiger partial charge in [-0.25, -0.2) is 4.79 Å². The van der Waals surface area contributed by atoms with E-state index in [1.165, 1.54) is 5.19 Å². The van der Waals surface area contributed by atoms with Gasteiger partial charge in [-0.05, 0) is 30.2 Å². The minimum Gasteiger partial charge on any atom is -0.497 e. The molecule has 1 aromatic carbocycles. The zero-order valence-electron chi connectivity index (χ0n) is 9.91. The second-order valence-electron chi connectivity index (χ2n) is 3.92. The summed E-state index contributed by atoms with van der Waals surface area (Å²) in [7, 11) is 2.64. The van der Waals surface area contributed by atoms with Crippen LogP contribution >= 0.6 is 0 Å². The average Bonchev–Trinajstić information content (AvgIpc) is 2.19. The molecule has 4 nitrogen and oxygen atoms in total. The van der Waals surface area contributed by atoms with Gasteiger partial charge in [0, 0.05) is 16.3 Å². The van der Waals surface area contributed by atoms with Gasteiger partial charge in [-0.2, -0.15) is 0 Å². The maximum Gasteiger partial charge on any atom is 0.312 e. The van der Waals surface area contributed by atoms with Crippen molar-refractivity contribution in [3.8, 4) is 5.75 Å². The molecule has 0 aromatic heterocycles. The number of rotatable bonds is 4. The number of nitrogens with one attached hydrogen (secondary N) is 1. The fraction of sp³-hybridized carbons (Fsp3) is 0.364. The molecule has 1 aromatic rings. The van der Waals surface area contributed by atoms with E-state index in [0.717, 1.165) is 28.0 Å².